The molecule has 0 N–H and O–H groups in total. The van der Waals surface area contributed by atoms with Gasteiger partial charge in [-0.25, -0.2) is 0 Å². The molecular formula is C62H58BN3O. The van der Waals surface area contributed by atoms with Gasteiger partial charge in [-0.3, -0.25) is 0 Å². The highest BCUT2D eigenvalue weighted by Crippen LogP contribution is 2.49. The molecule has 0 radical (unpaired) electrons. The van der Waals surface area contributed by atoms with Gasteiger partial charge in [-0.1, -0.05) is 151 Å². The summed E-state index contributed by atoms with van der Waals surface area (Å²) in [6.07, 6.45) is 6.93. The normalized spacial score (nSPS) is 13.7. The third-order valence-electron chi connectivity index (χ3n) is 15.0. The van der Waals surface area contributed by atoms with Gasteiger partial charge in [-0.05, 0) is 137 Å². The zero-order valence-electron chi connectivity index (χ0n) is 39.7. The average molecular weight is 872 g/mol. The number of hydrogen-bond donors (Lipinski definition) is 0. The molecule has 10 aromatic rings. The van der Waals surface area contributed by atoms with Crippen molar-refractivity contribution in [3.05, 3.63) is 180 Å². The maximum absolute atomic E-state index is 6.76. The molecule has 4 nitrogen and oxygen atoms in total. The second-order valence-corrected chi connectivity index (χ2v) is 20.1. The first kappa shape index (κ1) is 41.5. The zero-order chi connectivity index (χ0) is 45.6. The molecule has 0 amide bonds. The maximum Gasteiger partial charge on any atom is 0.252 e. The van der Waals surface area contributed by atoms with E-state index in [9.17, 15) is 0 Å². The number of fused-ring (bicyclic) bond motifs is 11. The first-order chi connectivity index (χ1) is 32.7. The van der Waals surface area contributed by atoms with Crippen molar-refractivity contribution in [3.8, 4) is 5.69 Å². The molecule has 2 aliphatic heterocycles. The van der Waals surface area contributed by atoms with Crippen LogP contribution in [-0.4, -0.2) is 11.3 Å². The van der Waals surface area contributed by atoms with Crippen LogP contribution in [-0.2, 0) is 11.8 Å². The summed E-state index contributed by atoms with van der Waals surface area (Å²) in [6.45, 7) is 13.9. The Morgan fingerprint density at radius 3 is 1.87 bits per heavy atom. The Bertz CT molecular complexity index is 3460. The number of benzene rings is 8. The van der Waals surface area contributed by atoms with E-state index in [2.05, 4.69) is 220 Å². The summed E-state index contributed by atoms with van der Waals surface area (Å²) < 4.78 is 9.26. The molecule has 67 heavy (non-hydrogen) atoms. The van der Waals surface area contributed by atoms with Crippen LogP contribution in [0.25, 0.3) is 49.4 Å². The van der Waals surface area contributed by atoms with Gasteiger partial charge in [0.25, 0.3) is 6.71 Å². The van der Waals surface area contributed by atoms with Crippen molar-refractivity contribution in [3.63, 3.8) is 0 Å². The van der Waals surface area contributed by atoms with Gasteiger partial charge in [0.1, 0.15) is 11.2 Å². The predicted molar refractivity (Wildman–Crippen MR) is 287 cm³/mol. The van der Waals surface area contributed by atoms with Gasteiger partial charge in [-0.2, -0.15) is 0 Å². The summed E-state index contributed by atoms with van der Waals surface area (Å²) in [5.74, 6) is 0.548. The highest BCUT2D eigenvalue weighted by atomic mass is 16.3. The van der Waals surface area contributed by atoms with E-state index in [1.165, 1.54) is 109 Å². The molecule has 0 spiro atoms. The fourth-order valence-electron chi connectivity index (χ4n) is 11.7. The Morgan fingerprint density at radius 1 is 0.552 bits per heavy atom. The molecule has 0 saturated carbocycles. The molecule has 0 bridgehead atoms. The highest BCUT2D eigenvalue weighted by Gasteiger charge is 2.45. The zero-order valence-corrected chi connectivity index (χ0v) is 39.7. The second-order valence-electron chi connectivity index (χ2n) is 20.1. The summed E-state index contributed by atoms with van der Waals surface area (Å²) in [7, 11) is 0. The monoisotopic (exact) mass is 871 g/mol. The molecule has 1 atom stereocenters. The van der Waals surface area contributed by atoms with Gasteiger partial charge in [0.05, 0.1) is 27.8 Å². The second kappa shape index (κ2) is 16.1. The number of aromatic nitrogens is 1. The van der Waals surface area contributed by atoms with E-state index in [0.29, 0.717) is 5.92 Å². The molecular weight excluding hydrogens is 814 g/mol. The molecule has 1 unspecified atom stereocenters. The number of rotatable bonds is 10. The smallest absolute Gasteiger partial charge is 0.252 e. The summed E-state index contributed by atoms with van der Waals surface area (Å²) in [5.41, 5.74) is 20.5. The van der Waals surface area contributed by atoms with Crippen LogP contribution in [0.1, 0.15) is 96.3 Å². The van der Waals surface area contributed by atoms with Crippen LogP contribution in [0.3, 0.4) is 0 Å². The van der Waals surface area contributed by atoms with Gasteiger partial charge in [0.2, 0.25) is 0 Å². The van der Waals surface area contributed by atoms with Crippen molar-refractivity contribution in [2.75, 3.05) is 9.80 Å². The van der Waals surface area contributed by atoms with Crippen molar-refractivity contribution >= 4 is 101 Å². The van der Waals surface area contributed by atoms with Gasteiger partial charge < -0.3 is 18.8 Å². The number of nitrogens with zero attached hydrogens (tertiary/aromatic N) is 3. The minimum absolute atomic E-state index is 0.0484. The van der Waals surface area contributed by atoms with E-state index in [-0.39, 0.29) is 12.1 Å². The molecule has 4 heterocycles. The van der Waals surface area contributed by atoms with Gasteiger partial charge in [0.15, 0.2) is 0 Å². The molecule has 2 aliphatic rings. The van der Waals surface area contributed by atoms with Crippen molar-refractivity contribution in [1.82, 2.24) is 4.57 Å². The minimum Gasteiger partial charge on any atom is -0.456 e. The topological polar surface area (TPSA) is 24.6 Å². The van der Waals surface area contributed by atoms with Crippen LogP contribution in [0.5, 0.6) is 0 Å². The Balaban J connectivity index is 1.22. The van der Waals surface area contributed by atoms with Crippen LogP contribution < -0.4 is 26.2 Å². The Kier molecular flexibility index (Phi) is 9.98. The number of para-hydroxylation sites is 3. The molecule has 0 saturated heterocycles. The van der Waals surface area contributed by atoms with Crippen LogP contribution in [0.15, 0.2) is 168 Å². The predicted octanol–water partition coefficient (Wildman–Crippen LogP) is 15.7. The van der Waals surface area contributed by atoms with Gasteiger partial charge in [0, 0.05) is 44.6 Å². The molecule has 2 aromatic heterocycles. The molecule has 0 aliphatic carbocycles. The fraction of sp³-hybridized carbons (Fsp3) is 0.226. The lowest BCUT2D eigenvalue weighted by molar-refractivity contribution is 0.591. The van der Waals surface area contributed by atoms with Crippen LogP contribution in [0.4, 0.5) is 34.1 Å². The lowest BCUT2D eigenvalue weighted by Crippen LogP contribution is -2.61. The number of hydrogen-bond acceptors (Lipinski definition) is 3. The number of aryl methyl sites for hydroxylation is 1. The summed E-state index contributed by atoms with van der Waals surface area (Å²) in [6, 6.07) is 62.3. The van der Waals surface area contributed by atoms with Crippen LogP contribution in [0.2, 0.25) is 0 Å². The van der Waals surface area contributed by atoms with Crippen molar-refractivity contribution in [2.45, 2.75) is 91.4 Å². The van der Waals surface area contributed by atoms with Gasteiger partial charge in [-0.15, -0.1) is 0 Å². The largest absolute Gasteiger partial charge is 0.456 e. The number of unbranched alkanes of at least 4 members (excludes halogenated alkanes) is 1. The van der Waals surface area contributed by atoms with Crippen molar-refractivity contribution < 1.29 is 4.42 Å². The minimum atomic E-state index is -0.0489. The average Bonchev–Trinajstić information content (AvgIpc) is 3.91. The Labute approximate surface area is 395 Å². The lowest BCUT2D eigenvalue weighted by Gasteiger charge is -2.45. The lowest BCUT2D eigenvalue weighted by atomic mass is 9.33. The standard InChI is InChI=1S/C62H58BN3O/c1-7-10-18-40-25-30-45(31-26-40)66-56-39-46(65-52-22-14-11-19-47(52)48-20-12-15-23-53(48)65)38-55-60(56)63(50-34-36-58-59(61(50)66)49-21-13-16-24-57(49)67-58)51-37-43(62(4,5)6)29-35-54(51)64(55)44-32-27-42(28-33-44)41(9-3)17-8-2/h11-16,19-39,41H,7-10,17-18H2,1-6H3. The van der Waals surface area contributed by atoms with E-state index in [0.717, 1.165) is 46.2 Å². The van der Waals surface area contributed by atoms with E-state index < -0.39 is 0 Å². The summed E-state index contributed by atoms with van der Waals surface area (Å²) >= 11 is 0. The fourth-order valence-corrected chi connectivity index (χ4v) is 11.7. The van der Waals surface area contributed by atoms with E-state index in [1.807, 2.05) is 0 Å². The molecule has 12 rings (SSSR count). The Morgan fingerprint density at radius 2 is 1.19 bits per heavy atom. The first-order valence-electron chi connectivity index (χ1n) is 24.8. The summed E-state index contributed by atoms with van der Waals surface area (Å²) in [5, 5.41) is 4.80. The van der Waals surface area contributed by atoms with Crippen LogP contribution >= 0.6 is 0 Å². The van der Waals surface area contributed by atoms with E-state index in [4.69, 9.17) is 4.42 Å². The highest BCUT2D eigenvalue weighted by molar-refractivity contribution is 7.00. The number of anilines is 6. The van der Waals surface area contributed by atoms with Crippen LogP contribution in [0, 0.1) is 0 Å². The molecule has 330 valence electrons. The molecule has 0 fully saturated rings. The quantitative estimate of drug-likeness (QED) is 0.128. The Hall–Kier alpha value is -6.98. The third kappa shape index (κ3) is 6.56. The molecule has 5 heteroatoms. The SMILES string of the molecule is CCCCc1ccc(N2c3cc(-n4c5ccccc5c5ccccc54)cc4c3B(c3cc(C(C)(C)C)ccc3N4c3ccc(C(CC)CCC)cc3)c3ccc4oc5ccccc5c4c32)cc1. The molecule has 8 aromatic carbocycles. The van der Waals surface area contributed by atoms with Crippen molar-refractivity contribution in [1.29, 1.82) is 0 Å². The maximum atomic E-state index is 6.76. The number of furan rings is 1. The van der Waals surface area contributed by atoms with Crippen molar-refractivity contribution in [2.24, 2.45) is 0 Å². The third-order valence-corrected chi connectivity index (χ3v) is 15.0. The van der Waals surface area contributed by atoms with Gasteiger partial charge >= 0.3 is 0 Å². The van der Waals surface area contributed by atoms with E-state index in [1.54, 1.807) is 0 Å². The van der Waals surface area contributed by atoms with E-state index >= 15 is 0 Å². The summed E-state index contributed by atoms with van der Waals surface area (Å²) in [4.78, 5) is 5.17. The first-order valence-corrected chi connectivity index (χ1v) is 24.8.